The molecule has 1 aromatic rings. The number of nitrogens with one attached hydrogen (secondary N) is 1. The molecule has 2 saturated heterocycles. The van der Waals surface area contributed by atoms with E-state index in [-0.39, 0.29) is 36.7 Å². The standard InChI is InChI=1S/C21H26ClN3O4/c1-12-2-4-13(5-3-12)17(24-20(27)14-6-8-23-9-7-14)21(28)25-10-15(22)19-18(25)16(26)11-29-19/h6-9,12-13,15,17-19H,2-5,10-11H2,1H3,(H,24,27)/t12?,13?,15-,17-,18+,19+/m0/s1. The Morgan fingerprint density at radius 1 is 1.24 bits per heavy atom. The average molecular weight is 420 g/mol. The van der Waals surface area contributed by atoms with Crippen LogP contribution in [-0.2, 0) is 14.3 Å². The molecule has 156 valence electrons. The first-order valence-corrected chi connectivity index (χ1v) is 10.7. The van der Waals surface area contributed by atoms with Crippen LogP contribution in [0.15, 0.2) is 24.5 Å². The summed E-state index contributed by atoms with van der Waals surface area (Å²) in [6.45, 7) is 2.45. The van der Waals surface area contributed by atoms with Crippen molar-refractivity contribution in [3.63, 3.8) is 0 Å². The zero-order valence-electron chi connectivity index (χ0n) is 16.4. The molecule has 0 unspecified atom stereocenters. The highest BCUT2D eigenvalue weighted by Crippen LogP contribution is 2.35. The van der Waals surface area contributed by atoms with Crippen LogP contribution in [0.3, 0.4) is 0 Å². The van der Waals surface area contributed by atoms with Crippen molar-refractivity contribution in [1.29, 1.82) is 0 Å². The third-order valence-electron chi connectivity index (χ3n) is 6.43. The Morgan fingerprint density at radius 3 is 2.62 bits per heavy atom. The molecule has 0 bridgehead atoms. The third-order valence-corrected chi connectivity index (χ3v) is 6.82. The molecule has 3 heterocycles. The van der Waals surface area contributed by atoms with Gasteiger partial charge in [0.2, 0.25) is 5.91 Å². The number of likely N-dealkylation sites (tertiary alicyclic amines) is 1. The van der Waals surface area contributed by atoms with E-state index in [1.807, 2.05) is 0 Å². The second-order valence-corrected chi connectivity index (χ2v) is 8.96. The minimum Gasteiger partial charge on any atom is -0.366 e. The predicted octanol–water partition coefficient (Wildman–Crippen LogP) is 1.79. The fourth-order valence-electron chi connectivity index (χ4n) is 4.73. The minimum absolute atomic E-state index is 0.0165. The topological polar surface area (TPSA) is 88.6 Å². The number of halogens is 1. The van der Waals surface area contributed by atoms with Gasteiger partial charge in [-0.1, -0.05) is 19.8 Å². The highest BCUT2D eigenvalue weighted by Gasteiger charge is 2.53. The smallest absolute Gasteiger partial charge is 0.252 e. The van der Waals surface area contributed by atoms with Crippen LogP contribution in [0, 0.1) is 11.8 Å². The summed E-state index contributed by atoms with van der Waals surface area (Å²) < 4.78 is 5.50. The summed E-state index contributed by atoms with van der Waals surface area (Å²) in [6, 6.07) is 1.91. The highest BCUT2D eigenvalue weighted by atomic mass is 35.5. The quantitative estimate of drug-likeness (QED) is 0.751. The van der Waals surface area contributed by atoms with E-state index in [9.17, 15) is 14.4 Å². The van der Waals surface area contributed by atoms with Crippen molar-refractivity contribution in [2.24, 2.45) is 11.8 Å². The van der Waals surface area contributed by atoms with Crippen molar-refractivity contribution in [2.45, 2.75) is 56.2 Å². The number of ether oxygens (including phenoxy) is 1. The molecule has 4 atom stereocenters. The van der Waals surface area contributed by atoms with Gasteiger partial charge in [-0.25, -0.2) is 0 Å². The Labute approximate surface area is 175 Å². The number of rotatable bonds is 4. The van der Waals surface area contributed by atoms with Gasteiger partial charge in [0.15, 0.2) is 5.78 Å². The van der Waals surface area contributed by atoms with Gasteiger partial charge in [0, 0.05) is 24.5 Å². The lowest BCUT2D eigenvalue weighted by atomic mass is 9.78. The first-order chi connectivity index (χ1) is 14.0. The zero-order valence-corrected chi connectivity index (χ0v) is 17.2. The normalized spacial score (nSPS) is 32.7. The number of hydrogen-bond acceptors (Lipinski definition) is 5. The van der Waals surface area contributed by atoms with Crippen LogP contribution in [0.1, 0.15) is 43.0 Å². The van der Waals surface area contributed by atoms with E-state index in [1.54, 1.807) is 24.5 Å². The fourth-order valence-corrected chi connectivity index (χ4v) is 5.09. The van der Waals surface area contributed by atoms with Gasteiger partial charge in [-0.05, 0) is 36.8 Å². The molecule has 3 aliphatic rings. The van der Waals surface area contributed by atoms with E-state index in [0.29, 0.717) is 11.5 Å². The second-order valence-electron chi connectivity index (χ2n) is 8.40. The van der Waals surface area contributed by atoms with Gasteiger partial charge in [0.1, 0.15) is 24.8 Å². The van der Waals surface area contributed by atoms with Crippen LogP contribution >= 0.6 is 11.6 Å². The third kappa shape index (κ3) is 4.03. The highest BCUT2D eigenvalue weighted by molar-refractivity contribution is 6.22. The summed E-state index contributed by atoms with van der Waals surface area (Å²) in [5.74, 6) is -0.00990. The Balaban J connectivity index is 1.57. The van der Waals surface area contributed by atoms with Crippen LogP contribution < -0.4 is 5.32 Å². The van der Waals surface area contributed by atoms with Crippen LogP contribution in [-0.4, -0.2) is 64.2 Å². The SMILES string of the molecule is CC1CCC([C@H](NC(=O)c2ccncc2)C(=O)N2C[C@H](Cl)[C@H]3OCC(=O)[C@H]32)CC1. The van der Waals surface area contributed by atoms with Crippen molar-refractivity contribution in [1.82, 2.24) is 15.2 Å². The number of carbonyl (C=O) groups is 3. The predicted molar refractivity (Wildman–Crippen MR) is 107 cm³/mol. The molecule has 1 saturated carbocycles. The molecule has 29 heavy (non-hydrogen) atoms. The molecule has 3 fully saturated rings. The number of hydrogen-bond donors (Lipinski definition) is 1. The van der Waals surface area contributed by atoms with Crippen molar-refractivity contribution in [3.8, 4) is 0 Å². The average Bonchev–Trinajstić information content (AvgIpc) is 3.28. The number of fused-ring (bicyclic) bond motifs is 1. The number of aromatic nitrogens is 1. The monoisotopic (exact) mass is 419 g/mol. The second kappa shape index (κ2) is 8.40. The van der Waals surface area contributed by atoms with Crippen LogP contribution in [0.4, 0.5) is 0 Å². The van der Waals surface area contributed by atoms with Crippen molar-refractivity contribution in [2.75, 3.05) is 13.2 Å². The van der Waals surface area contributed by atoms with Crippen molar-refractivity contribution >= 4 is 29.2 Å². The molecule has 0 aromatic carbocycles. The minimum atomic E-state index is -0.681. The number of Topliss-reactive ketones (excluding diaryl/α,β-unsaturated/α-hetero) is 1. The van der Waals surface area contributed by atoms with Gasteiger partial charge in [-0.2, -0.15) is 0 Å². The number of ketones is 1. The number of nitrogens with zero attached hydrogens (tertiary/aromatic N) is 2. The lowest BCUT2D eigenvalue weighted by Gasteiger charge is -2.35. The maximum absolute atomic E-state index is 13.6. The Kier molecular flexibility index (Phi) is 5.88. The summed E-state index contributed by atoms with van der Waals surface area (Å²) in [5, 5.41) is 2.53. The molecule has 2 aliphatic heterocycles. The van der Waals surface area contributed by atoms with E-state index in [1.165, 1.54) is 4.90 Å². The molecule has 4 rings (SSSR count). The molecule has 2 amide bonds. The van der Waals surface area contributed by atoms with Gasteiger partial charge < -0.3 is 15.0 Å². The summed E-state index contributed by atoms with van der Waals surface area (Å²) in [6.07, 6.45) is 6.40. The Bertz CT molecular complexity index is 781. The maximum Gasteiger partial charge on any atom is 0.252 e. The van der Waals surface area contributed by atoms with E-state index < -0.39 is 23.6 Å². The van der Waals surface area contributed by atoms with Crippen molar-refractivity contribution in [3.05, 3.63) is 30.1 Å². The molecule has 8 heteroatoms. The molecule has 1 aromatic heterocycles. The summed E-state index contributed by atoms with van der Waals surface area (Å²) in [4.78, 5) is 44.2. The lowest BCUT2D eigenvalue weighted by molar-refractivity contribution is -0.139. The fraction of sp³-hybridized carbons (Fsp3) is 0.619. The lowest BCUT2D eigenvalue weighted by Crippen LogP contribution is -2.55. The largest absolute Gasteiger partial charge is 0.366 e. The van der Waals surface area contributed by atoms with E-state index in [4.69, 9.17) is 16.3 Å². The first kappa shape index (κ1) is 20.3. The zero-order chi connectivity index (χ0) is 20.5. The molecular weight excluding hydrogens is 394 g/mol. The van der Waals surface area contributed by atoms with E-state index in [2.05, 4.69) is 17.2 Å². The van der Waals surface area contributed by atoms with Crippen molar-refractivity contribution < 1.29 is 19.1 Å². The summed E-state index contributed by atoms with van der Waals surface area (Å²) in [7, 11) is 0. The van der Waals surface area contributed by atoms with Gasteiger partial charge in [-0.15, -0.1) is 11.6 Å². The number of amides is 2. The van der Waals surface area contributed by atoms with Gasteiger partial charge in [0.05, 0.1) is 5.38 Å². The first-order valence-electron chi connectivity index (χ1n) is 10.3. The van der Waals surface area contributed by atoms with E-state index >= 15 is 0 Å². The molecular formula is C21H26ClN3O4. The number of pyridine rings is 1. The molecule has 1 N–H and O–H groups in total. The Hall–Kier alpha value is -1.99. The van der Waals surface area contributed by atoms with Crippen LogP contribution in [0.5, 0.6) is 0 Å². The van der Waals surface area contributed by atoms with Crippen LogP contribution in [0.25, 0.3) is 0 Å². The van der Waals surface area contributed by atoms with Gasteiger partial charge in [0.25, 0.3) is 5.91 Å². The van der Waals surface area contributed by atoms with E-state index in [0.717, 1.165) is 25.7 Å². The summed E-state index contributed by atoms with van der Waals surface area (Å²) in [5.41, 5.74) is 0.455. The molecule has 0 radical (unpaired) electrons. The van der Waals surface area contributed by atoms with Gasteiger partial charge >= 0.3 is 0 Å². The Morgan fingerprint density at radius 2 is 1.93 bits per heavy atom. The van der Waals surface area contributed by atoms with Crippen LogP contribution in [0.2, 0.25) is 0 Å². The summed E-state index contributed by atoms with van der Waals surface area (Å²) >= 11 is 6.36. The van der Waals surface area contributed by atoms with Gasteiger partial charge in [-0.3, -0.25) is 19.4 Å². The molecule has 0 spiro atoms. The maximum atomic E-state index is 13.6. The molecule has 7 nitrogen and oxygen atoms in total. The number of alkyl halides is 1. The molecule has 1 aliphatic carbocycles. The number of carbonyl (C=O) groups excluding carboxylic acids is 3.